The van der Waals surface area contributed by atoms with Gasteiger partial charge < -0.3 is 10.2 Å². The van der Waals surface area contributed by atoms with Crippen LogP contribution in [-0.4, -0.2) is 28.5 Å². The largest absolute Gasteiger partial charge is 0.350 e. The molecule has 2 amide bonds. The molecule has 2 aromatic carbocycles. The third kappa shape index (κ3) is 5.66. The molecule has 1 saturated carbocycles. The van der Waals surface area contributed by atoms with Gasteiger partial charge in [0, 0.05) is 22.9 Å². The van der Waals surface area contributed by atoms with Crippen molar-refractivity contribution >= 4 is 40.5 Å². The molecule has 2 fully saturated rings. The Hall–Kier alpha value is -3.03. The van der Waals surface area contributed by atoms with Crippen LogP contribution >= 0.6 is 22.9 Å². The normalized spacial score (nSPS) is 23.5. The van der Waals surface area contributed by atoms with Gasteiger partial charge in [-0.2, -0.15) is 0 Å². The number of carbonyl (C=O) groups is 3. The summed E-state index contributed by atoms with van der Waals surface area (Å²) < 4.78 is 13.4. The van der Waals surface area contributed by atoms with Gasteiger partial charge in [-0.1, -0.05) is 68.1 Å². The van der Waals surface area contributed by atoms with E-state index in [4.69, 9.17) is 11.6 Å². The van der Waals surface area contributed by atoms with Crippen molar-refractivity contribution in [3.63, 3.8) is 0 Å². The molecule has 0 spiro atoms. The quantitative estimate of drug-likeness (QED) is 0.319. The minimum Gasteiger partial charge on any atom is -0.350 e. The Bertz CT molecular complexity index is 1320. The number of thiophene rings is 1. The average Bonchev–Trinajstić information content (AvgIpc) is 3.59. The van der Waals surface area contributed by atoms with E-state index in [1.54, 1.807) is 41.3 Å². The number of likely N-dealkylation sites (tertiary alicyclic amines) is 1. The Balaban J connectivity index is 1.54. The number of rotatable bonds is 7. The van der Waals surface area contributed by atoms with Gasteiger partial charge in [-0.3, -0.25) is 14.4 Å². The Morgan fingerprint density at radius 3 is 2.38 bits per heavy atom. The van der Waals surface area contributed by atoms with Gasteiger partial charge in [0.05, 0.1) is 17.0 Å². The Kier molecular flexibility index (Phi) is 8.48. The van der Waals surface area contributed by atoms with Crippen molar-refractivity contribution < 1.29 is 18.8 Å². The van der Waals surface area contributed by atoms with E-state index < -0.39 is 23.9 Å². The number of Topliss-reactive ketones (excluding diaryl/α,β-unsaturated/α-hetero) is 1. The van der Waals surface area contributed by atoms with E-state index in [1.807, 2.05) is 24.4 Å². The molecule has 5 nitrogen and oxygen atoms in total. The first-order valence-corrected chi connectivity index (χ1v) is 14.8. The van der Waals surface area contributed by atoms with Crippen molar-refractivity contribution in [1.29, 1.82) is 0 Å². The molecular weight excluding hydrogens is 535 g/mol. The lowest BCUT2D eigenvalue weighted by Crippen LogP contribution is -2.50. The van der Waals surface area contributed by atoms with Gasteiger partial charge in [0.2, 0.25) is 11.8 Å². The molecule has 5 rings (SSSR count). The number of halogens is 2. The summed E-state index contributed by atoms with van der Waals surface area (Å²) in [5, 5.41) is 5.25. The number of carbonyl (C=O) groups excluding carboxylic acids is 3. The van der Waals surface area contributed by atoms with Gasteiger partial charge >= 0.3 is 0 Å². The minimum atomic E-state index is -0.830. The molecule has 1 aliphatic carbocycles. The van der Waals surface area contributed by atoms with Crippen molar-refractivity contribution in [2.45, 2.75) is 57.7 Å². The molecule has 4 atom stereocenters. The van der Waals surface area contributed by atoms with E-state index in [2.05, 4.69) is 5.32 Å². The van der Waals surface area contributed by atoms with Gasteiger partial charge in [-0.05, 0) is 60.0 Å². The van der Waals surface area contributed by atoms with Gasteiger partial charge in [0.1, 0.15) is 11.9 Å². The maximum atomic E-state index is 14.2. The first-order chi connectivity index (χ1) is 18.9. The molecule has 39 heavy (non-hydrogen) atoms. The summed E-state index contributed by atoms with van der Waals surface area (Å²) in [5.41, 5.74) is 1.15. The second-order valence-corrected chi connectivity index (χ2v) is 11.9. The highest BCUT2D eigenvalue weighted by atomic mass is 35.5. The molecule has 0 bridgehead atoms. The topological polar surface area (TPSA) is 66.5 Å². The van der Waals surface area contributed by atoms with Crippen molar-refractivity contribution in [3.05, 3.63) is 92.9 Å². The van der Waals surface area contributed by atoms with Crippen LogP contribution in [0.2, 0.25) is 5.02 Å². The van der Waals surface area contributed by atoms with Crippen LogP contribution < -0.4 is 5.32 Å². The molecule has 2 aliphatic rings. The maximum Gasteiger partial charge on any atom is 0.243 e. The second kappa shape index (κ2) is 12.0. The van der Waals surface area contributed by atoms with Crippen LogP contribution in [0, 0.1) is 23.6 Å². The second-order valence-electron chi connectivity index (χ2n) is 10.6. The lowest BCUT2D eigenvalue weighted by molar-refractivity contribution is -0.145. The van der Waals surface area contributed by atoms with E-state index in [0.29, 0.717) is 10.6 Å². The van der Waals surface area contributed by atoms with Gasteiger partial charge in [0.15, 0.2) is 5.78 Å². The number of ketones is 1. The highest BCUT2D eigenvalue weighted by Crippen LogP contribution is 2.49. The standard InChI is InChI=1S/C31H32ClFN2O3S/c1-19-26(29(36)23-10-5-6-11-24(23)32)28(25-12-7-17-39-25)35(31(38)21-8-3-2-4-9-21)27(19)30(37)34-18-20-13-15-22(33)16-14-20/h5-7,10-17,19,21,26-28H,2-4,8-9,18H2,1H3,(H,34,37). The Morgan fingerprint density at radius 2 is 1.72 bits per heavy atom. The molecule has 1 aliphatic heterocycles. The van der Waals surface area contributed by atoms with Crippen LogP contribution in [0.25, 0.3) is 0 Å². The van der Waals surface area contributed by atoms with Crippen LogP contribution in [0.1, 0.15) is 65.9 Å². The zero-order chi connectivity index (χ0) is 27.5. The molecular formula is C31H32ClFN2O3S. The summed E-state index contributed by atoms with van der Waals surface area (Å²) in [6.07, 6.45) is 4.63. The summed E-state index contributed by atoms with van der Waals surface area (Å²) in [6.45, 7) is 2.08. The number of nitrogens with one attached hydrogen (secondary N) is 1. The number of hydrogen-bond acceptors (Lipinski definition) is 4. The molecule has 8 heteroatoms. The molecule has 204 valence electrons. The fraction of sp³-hybridized carbons (Fsp3) is 0.387. The lowest BCUT2D eigenvalue weighted by atomic mass is 9.82. The third-order valence-electron chi connectivity index (χ3n) is 8.14. The predicted octanol–water partition coefficient (Wildman–Crippen LogP) is 6.82. The van der Waals surface area contributed by atoms with E-state index in [1.165, 1.54) is 23.5 Å². The highest BCUT2D eigenvalue weighted by molar-refractivity contribution is 7.10. The predicted molar refractivity (Wildman–Crippen MR) is 151 cm³/mol. The Morgan fingerprint density at radius 1 is 1.00 bits per heavy atom. The lowest BCUT2D eigenvalue weighted by Gasteiger charge is -2.35. The first-order valence-electron chi connectivity index (χ1n) is 13.5. The van der Waals surface area contributed by atoms with Gasteiger partial charge in [-0.25, -0.2) is 4.39 Å². The first kappa shape index (κ1) is 27.5. The van der Waals surface area contributed by atoms with E-state index >= 15 is 0 Å². The highest BCUT2D eigenvalue weighted by Gasteiger charge is 2.56. The third-order valence-corrected chi connectivity index (χ3v) is 9.41. The molecule has 1 aromatic heterocycles. The number of benzene rings is 2. The monoisotopic (exact) mass is 566 g/mol. The van der Waals surface area contributed by atoms with Crippen LogP contribution in [-0.2, 0) is 16.1 Å². The summed E-state index contributed by atoms with van der Waals surface area (Å²) in [5.74, 6) is -2.15. The Labute approximate surface area is 237 Å². The van der Waals surface area contributed by atoms with Crippen molar-refractivity contribution in [3.8, 4) is 0 Å². The minimum absolute atomic E-state index is 0.0589. The fourth-order valence-electron chi connectivity index (χ4n) is 6.18. The van der Waals surface area contributed by atoms with Crippen molar-refractivity contribution in [2.75, 3.05) is 0 Å². The van der Waals surface area contributed by atoms with Crippen LogP contribution in [0.4, 0.5) is 4.39 Å². The van der Waals surface area contributed by atoms with E-state index in [9.17, 15) is 18.8 Å². The molecule has 4 unspecified atom stereocenters. The molecule has 3 aromatic rings. The van der Waals surface area contributed by atoms with Crippen LogP contribution in [0.15, 0.2) is 66.0 Å². The molecule has 0 radical (unpaired) electrons. The smallest absolute Gasteiger partial charge is 0.243 e. The SMILES string of the molecule is CC1C(C(=O)c2ccccc2Cl)C(c2cccs2)N(C(=O)C2CCCCC2)C1C(=O)NCc1ccc(F)cc1. The van der Waals surface area contributed by atoms with E-state index in [-0.39, 0.29) is 35.9 Å². The summed E-state index contributed by atoms with van der Waals surface area (Å²) >= 11 is 7.95. The molecule has 2 heterocycles. The number of hydrogen-bond donors (Lipinski definition) is 1. The summed E-state index contributed by atoms with van der Waals surface area (Å²) in [4.78, 5) is 44.8. The molecule has 1 N–H and O–H groups in total. The van der Waals surface area contributed by atoms with Crippen molar-refractivity contribution in [2.24, 2.45) is 17.8 Å². The van der Waals surface area contributed by atoms with E-state index in [0.717, 1.165) is 42.5 Å². The van der Waals surface area contributed by atoms with Crippen LogP contribution in [0.5, 0.6) is 0 Å². The van der Waals surface area contributed by atoms with Gasteiger partial charge in [-0.15, -0.1) is 11.3 Å². The number of nitrogens with zero attached hydrogens (tertiary/aromatic N) is 1. The van der Waals surface area contributed by atoms with Crippen molar-refractivity contribution in [1.82, 2.24) is 10.2 Å². The molecule has 1 saturated heterocycles. The zero-order valence-electron chi connectivity index (χ0n) is 21.8. The van der Waals surface area contributed by atoms with Crippen LogP contribution in [0.3, 0.4) is 0 Å². The fourth-order valence-corrected chi connectivity index (χ4v) is 7.28. The number of amides is 2. The average molecular weight is 567 g/mol. The summed E-state index contributed by atoms with van der Waals surface area (Å²) in [7, 11) is 0. The summed E-state index contributed by atoms with van der Waals surface area (Å²) in [6, 6.07) is 15.3. The maximum absolute atomic E-state index is 14.2. The van der Waals surface area contributed by atoms with Gasteiger partial charge in [0.25, 0.3) is 0 Å². The zero-order valence-corrected chi connectivity index (χ0v) is 23.4.